The number of benzene rings is 2. The lowest BCUT2D eigenvalue weighted by Crippen LogP contribution is -2.52. The van der Waals surface area contributed by atoms with Crippen LogP contribution in [0.3, 0.4) is 0 Å². The van der Waals surface area contributed by atoms with Crippen molar-refractivity contribution < 1.29 is 18.7 Å². The van der Waals surface area contributed by atoms with Crippen molar-refractivity contribution in [3.05, 3.63) is 70.9 Å². The summed E-state index contributed by atoms with van der Waals surface area (Å²) in [6.07, 6.45) is 5.84. The second kappa shape index (κ2) is 12.8. The number of aromatic nitrogens is 3. The van der Waals surface area contributed by atoms with Gasteiger partial charge >= 0.3 is 0 Å². The van der Waals surface area contributed by atoms with Crippen molar-refractivity contribution >= 4 is 40.6 Å². The molecular weight excluding hydrogens is 587 g/mol. The highest BCUT2D eigenvalue weighted by molar-refractivity contribution is 6.33. The van der Waals surface area contributed by atoms with Gasteiger partial charge in [-0.25, -0.2) is 14.4 Å². The summed E-state index contributed by atoms with van der Waals surface area (Å²) in [5.41, 5.74) is 3.74. The van der Waals surface area contributed by atoms with E-state index in [9.17, 15) is 14.0 Å². The number of nitrogens with one attached hydrogen (secondary N) is 3. The molecule has 0 saturated carbocycles. The molecule has 2 aromatic carbocycles. The maximum absolute atomic E-state index is 14.9. The summed E-state index contributed by atoms with van der Waals surface area (Å²) < 4.78 is 22.1. The molecule has 4 heterocycles. The van der Waals surface area contributed by atoms with E-state index < -0.39 is 5.82 Å². The zero-order chi connectivity index (χ0) is 30.8. The first-order chi connectivity index (χ1) is 21.4. The van der Waals surface area contributed by atoms with Crippen LogP contribution in [0.5, 0.6) is 5.75 Å². The maximum atomic E-state index is 14.9. The highest BCUT2D eigenvalue weighted by Gasteiger charge is 2.31. The molecular formula is C31H34ClFN8O3. The van der Waals surface area contributed by atoms with Gasteiger partial charge in [-0.3, -0.25) is 19.3 Å². The fraction of sp³-hybridized carbons (Fsp3) is 0.355. The Labute approximate surface area is 259 Å². The number of imidazole rings is 1. The summed E-state index contributed by atoms with van der Waals surface area (Å²) in [5, 5.41) is 9.28. The molecule has 2 aliphatic heterocycles. The minimum Gasteiger partial charge on any atom is -0.475 e. The number of carbonyl (C=O) groups is 2. The summed E-state index contributed by atoms with van der Waals surface area (Å²) in [7, 11) is 1.70. The molecule has 3 N–H and O–H groups in total. The van der Waals surface area contributed by atoms with E-state index in [4.69, 9.17) is 16.3 Å². The Kier molecular flexibility index (Phi) is 8.65. The standard InChI is InChI=1S/C31H34ClFN8O3/c1-19-15-21(3-4-22(19)31(43)40-13-11-39(12-14-40)30(42)20-7-8-35-16-20)38-28-29-37-17-24(41(29)10-9-36-28)23-5-6-25(44-18-34-2)27(33)26(23)32/h3-6,9-10,15,17,20,34-35H,7-8,11-14,16,18H2,1-2H3,(H,36,38)/t20-/m0/s1. The topological polar surface area (TPSA) is 116 Å². The van der Waals surface area contributed by atoms with Crippen molar-refractivity contribution in [2.24, 2.45) is 5.92 Å². The summed E-state index contributed by atoms with van der Waals surface area (Å²) in [4.78, 5) is 38.8. The fourth-order valence-electron chi connectivity index (χ4n) is 5.74. The van der Waals surface area contributed by atoms with Crippen LogP contribution < -0.4 is 20.7 Å². The van der Waals surface area contributed by atoms with Crippen molar-refractivity contribution in [1.82, 2.24) is 34.8 Å². The molecule has 44 heavy (non-hydrogen) atoms. The van der Waals surface area contributed by atoms with E-state index in [1.54, 1.807) is 42.2 Å². The summed E-state index contributed by atoms with van der Waals surface area (Å²) >= 11 is 6.40. The van der Waals surface area contributed by atoms with E-state index in [0.717, 1.165) is 30.8 Å². The third-order valence-corrected chi connectivity index (χ3v) is 8.50. The van der Waals surface area contributed by atoms with Crippen molar-refractivity contribution in [2.45, 2.75) is 13.3 Å². The first-order valence-electron chi connectivity index (χ1n) is 14.6. The van der Waals surface area contributed by atoms with Gasteiger partial charge in [-0.15, -0.1) is 0 Å². The molecule has 11 nitrogen and oxygen atoms in total. The zero-order valence-electron chi connectivity index (χ0n) is 24.6. The van der Waals surface area contributed by atoms with Crippen molar-refractivity contribution in [1.29, 1.82) is 0 Å². The SMILES string of the molecule is CNCOc1ccc(-c2cnc3c(Nc4ccc(C(=O)N5CCN(C(=O)[C@H]6CCNC6)CC5)c(C)c4)nccn23)c(Cl)c1F. The second-order valence-corrected chi connectivity index (χ2v) is 11.3. The number of aryl methyl sites for hydroxylation is 1. The Morgan fingerprint density at radius 3 is 2.66 bits per heavy atom. The Morgan fingerprint density at radius 2 is 1.93 bits per heavy atom. The molecule has 6 rings (SSSR count). The van der Waals surface area contributed by atoms with Crippen LogP contribution in [0.2, 0.25) is 5.02 Å². The van der Waals surface area contributed by atoms with Crippen LogP contribution in [0.4, 0.5) is 15.9 Å². The van der Waals surface area contributed by atoms with Crippen LogP contribution >= 0.6 is 11.6 Å². The van der Waals surface area contributed by atoms with Gasteiger partial charge in [-0.2, -0.15) is 0 Å². The molecule has 1 atom stereocenters. The highest BCUT2D eigenvalue weighted by atomic mass is 35.5. The van der Waals surface area contributed by atoms with Gasteiger partial charge in [0.25, 0.3) is 5.91 Å². The van der Waals surface area contributed by atoms with Crippen LogP contribution in [-0.4, -0.2) is 89.0 Å². The number of amides is 2. The first-order valence-corrected chi connectivity index (χ1v) is 15.0. The Hall–Kier alpha value is -4.26. The molecule has 2 amide bonds. The van der Waals surface area contributed by atoms with Gasteiger partial charge in [0.15, 0.2) is 23.0 Å². The maximum Gasteiger partial charge on any atom is 0.254 e. The van der Waals surface area contributed by atoms with E-state index in [2.05, 4.69) is 25.9 Å². The molecule has 0 radical (unpaired) electrons. The van der Waals surface area contributed by atoms with Crippen LogP contribution in [0.25, 0.3) is 16.9 Å². The monoisotopic (exact) mass is 620 g/mol. The molecule has 13 heteroatoms. The first kappa shape index (κ1) is 29.8. The number of rotatable bonds is 8. The van der Waals surface area contributed by atoms with Crippen LogP contribution in [-0.2, 0) is 4.79 Å². The lowest BCUT2D eigenvalue weighted by atomic mass is 10.0. The molecule has 0 aliphatic carbocycles. The zero-order valence-corrected chi connectivity index (χ0v) is 25.3. The van der Waals surface area contributed by atoms with Crippen LogP contribution in [0, 0.1) is 18.7 Å². The van der Waals surface area contributed by atoms with E-state index in [1.165, 1.54) is 6.07 Å². The molecule has 0 bridgehead atoms. The molecule has 0 unspecified atom stereocenters. The predicted molar refractivity (Wildman–Crippen MR) is 166 cm³/mol. The average molecular weight is 621 g/mol. The Balaban J connectivity index is 1.16. The smallest absolute Gasteiger partial charge is 0.254 e. The van der Waals surface area contributed by atoms with Crippen molar-refractivity contribution in [2.75, 3.05) is 58.4 Å². The highest BCUT2D eigenvalue weighted by Crippen LogP contribution is 2.36. The number of hydrogen-bond acceptors (Lipinski definition) is 8. The minimum atomic E-state index is -0.649. The average Bonchev–Trinajstić information content (AvgIpc) is 3.73. The predicted octanol–water partition coefficient (Wildman–Crippen LogP) is 3.69. The number of carbonyl (C=O) groups excluding carboxylic acids is 2. The fourth-order valence-corrected chi connectivity index (χ4v) is 5.99. The minimum absolute atomic E-state index is 0.0455. The molecule has 4 aromatic rings. The Bertz CT molecular complexity index is 1700. The van der Waals surface area contributed by atoms with Gasteiger partial charge in [-0.05, 0) is 62.8 Å². The summed E-state index contributed by atoms with van der Waals surface area (Å²) in [6, 6.07) is 8.76. The van der Waals surface area contributed by atoms with Crippen LogP contribution in [0.1, 0.15) is 22.3 Å². The number of fused-ring (bicyclic) bond motifs is 1. The molecule has 2 fully saturated rings. The normalized spacial score (nSPS) is 16.9. The lowest BCUT2D eigenvalue weighted by molar-refractivity contribution is -0.136. The number of halogens is 2. The number of piperazine rings is 1. The molecule has 2 saturated heterocycles. The Morgan fingerprint density at radius 1 is 1.14 bits per heavy atom. The molecule has 2 aliphatic rings. The van der Waals surface area contributed by atoms with Gasteiger partial charge in [-0.1, -0.05) is 11.6 Å². The third-order valence-electron chi connectivity index (χ3n) is 8.13. The van der Waals surface area contributed by atoms with Crippen LogP contribution in [0.15, 0.2) is 48.9 Å². The van der Waals surface area contributed by atoms with E-state index in [-0.39, 0.29) is 35.2 Å². The van der Waals surface area contributed by atoms with Gasteiger partial charge in [0.05, 0.1) is 22.8 Å². The van der Waals surface area contributed by atoms with Gasteiger partial charge in [0, 0.05) is 61.9 Å². The number of anilines is 2. The van der Waals surface area contributed by atoms with E-state index in [1.807, 2.05) is 28.9 Å². The number of hydrogen-bond donors (Lipinski definition) is 3. The van der Waals surface area contributed by atoms with Gasteiger partial charge in [0.1, 0.15) is 6.73 Å². The molecule has 230 valence electrons. The van der Waals surface area contributed by atoms with Crippen molar-refractivity contribution in [3.8, 4) is 17.0 Å². The van der Waals surface area contributed by atoms with Crippen molar-refractivity contribution in [3.63, 3.8) is 0 Å². The number of ether oxygens (including phenoxy) is 1. The second-order valence-electron chi connectivity index (χ2n) is 11.0. The van der Waals surface area contributed by atoms with E-state index in [0.29, 0.717) is 54.5 Å². The van der Waals surface area contributed by atoms with Gasteiger partial charge < -0.3 is 25.2 Å². The molecule has 2 aromatic heterocycles. The lowest BCUT2D eigenvalue weighted by Gasteiger charge is -2.36. The third kappa shape index (κ3) is 5.80. The quantitative estimate of drug-likeness (QED) is 0.256. The summed E-state index contributed by atoms with van der Waals surface area (Å²) in [5.74, 6) is 0.0740. The van der Waals surface area contributed by atoms with E-state index >= 15 is 0 Å². The summed E-state index contributed by atoms with van der Waals surface area (Å²) in [6.45, 7) is 5.78. The molecule has 0 spiro atoms. The van der Waals surface area contributed by atoms with Gasteiger partial charge in [0.2, 0.25) is 5.91 Å². The largest absolute Gasteiger partial charge is 0.475 e. The number of nitrogens with zero attached hydrogens (tertiary/aromatic N) is 5.